The van der Waals surface area contributed by atoms with E-state index in [1.54, 1.807) is 57.5 Å². The zero-order chi connectivity index (χ0) is 31.3. The molecule has 0 aromatic heterocycles. The number of benzene rings is 3. The second-order valence-corrected chi connectivity index (χ2v) is 12.5. The average Bonchev–Trinajstić information content (AvgIpc) is 2.99. The summed E-state index contributed by atoms with van der Waals surface area (Å²) in [6, 6.07) is 16.2. The van der Waals surface area contributed by atoms with Crippen LogP contribution in [0.4, 0.5) is 16.2 Å². The molecule has 230 valence electrons. The molecule has 0 fully saturated rings. The molecule has 3 atom stereocenters. The number of sulfonamides is 1. The molecular weight excluding hydrogens is 596 g/mol. The highest BCUT2D eigenvalue weighted by atomic mass is 35.5. The highest BCUT2D eigenvalue weighted by Crippen LogP contribution is 2.36. The molecule has 3 aromatic carbocycles. The summed E-state index contributed by atoms with van der Waals surface area (Å²) in [6.07, 6.45) is -0.659. The molecule has 3 aromatic rings. The van der Waals surface area contributed by atoms with Crippen molar-refractivity contribution in [1.82, 2.24) is 9.80 Å². The van der Waals surface area contributed by atoms with Crippen molar-refractivity contribution in [3.05, 3.63) is 77.3 Å². The van der Waals surface area contributed by atoms with Crippen LogP contribution >= 0.6 is 11.6 Å². The smallest absolute Gasteiger partial charge is 0.321 e. The Hall–Kier alpha value is -4.00. The minimum absolute atomic E-state index is 0.0259. The Morgan fingerprint density at radius 3 is 2.47 bits per heavy atom. The molecule has 0 unspecified atom stereocenters. The van der Waals surface area contributed by atoms with E-state index in [1.165, 1.54) is 40.1 Å². The van der Waals surface area contributed by atoms with Crippen LogP contribution in [0.1, 0.15) is 24.2 Å². The summed E-state index contributed by atoms with van der Waals surface area (Å²) in [7, 11) is -0.911. The number of carbonyl (C=O) groups is 2. The zero-order valence-corrected chi connectivity index (χ0v) is 25.9. The lowest BCUT2D eigenvalue weighted by molar-refractivity contribution is 0.0373. The number of nitrogens with one attached hydrogen (secondary N) is 2. The number of para-hydroxylation sites is 1. The minimum Gasteiger partial charge on any atom is -0.497 e. The molecule has 0 radical (unpaired) electrons. The standard InChI is InChI=1S/C30H35ClN4O7S/c1-19-16-35(20(2)18-36)29(37)25-6-5-7-26(33-43(39,40)24-14-8-21(31)9-15-24)28(25)42-27(19)17-34(3)30(38)32-22-10-12-23(41-4)13-11-22/h5-15,19-20,27,33,36H,16-18H2,1-4H3,(H,32,38)/t19-,20-,27-/m1/s1. The summed E-state index contributed by atoms with van der Waals surface area (Å²) in [5.41, 5.74) is 0.753. The number of aliphatic hydroxyl groups excluding tert-OH is 1. The van der Waals surface area contributed by atoms with Crippen molar-refractivity contribution in [2.45, 2.75) is 30.9 Å². The molecule has 3 N–H and O–H groups in total. The Bertz CT molecular complexity index is 1550. The van der Waals surface area contributed by atoms with Gasteiger partial charge >= 0.3 is 6.03 Å². The van der Waals surface area contributed by atoms with Gasteiger partial charge in [-0.3, -0.25) is 9.52 Å². The second-order valence-electron chi connectivity index (χ2n) is 10.4. The maximum atomic E-state index is 13.7. The van der Waals surface area contributed by atoms with Crippen LogP contribution in [-0.2, 0) is 10.0 Å². The number of aliphatic hydroxyl groups is 1. The Morgan fingerprint density at radius 2 is 1.84 bits per heavy atom. The molecule has 0 saturated carbocycles. The summed E-state index contributed by atoms with van der Waals surface area (Å²) >= 11 is 5.94. The fraction of sp³-hybridized carbons (Fsp3) is 0.333. The van der Waals surface area contributed by atoms with Crippen molar-refractivity contribution >= 4 is 44.9 Å². The normalized spacial score (nSPS) is 17.5. The maximum absolute atomic E-state index is 13.7. The fourth-order valence-corrected chi connectivity index (χ4v) is 5.79. The zero-order valence-electron chi connectivity index (χ0n) is 24.3. The Balaban J connectivity index is 1.66. The largest absolute Gasteiger partial charge is 0.497 e. The van der Waals surface area contributed by atoms with E-state index in [4.69, 9.17) is 21.1 Å². The van der Waals surface area contributed by atoms with E-state index in [2.05, 4.69) is 10.0 Å². The Kier molecular flexibility index (Phi) is 10.0. The molecule has 1 aliphatic heterocycles. The Morgan fingerprint density at radius 1 is 1.16 bits per heavy atom. The lowest BCUT2D eigenvalue weighted by Crippen LogP contribution is -2.50. The quantitative estimate of drug-likeness (QED) is 0.316. The van der Waals surface area contributed by atoms with E-state index in [0.29, 0.717) is 16.5 Å². The van der Waals surface area contributed by atoms with Crippen LogP contribution in [0.2, 0.25) is 5.02 Å². The summed E-state index contributed by atoms with van der Waals surface area (Å²) in [5, 5.41) is 13.1. The number of halogens is 1. The van der Waals surface area contributed by atoms with E-state index in [9.17, 15) is 23.1 Å². The number of ether oxygens (including phenoxy) is 2. The highest BCUT2D eigenvalue weighted by molar-refractivity contribution is 7.92. The van der Waals surface area contributed by atoms with Gasteiger partial charge in [0.2, 0.25) is 0 Å². The van der Waals surface area contributed by atoms with Gasteiger partial charge in [-0.2, -0.15) is 0 Å². The number of urea groups is 1. The highest BCUT2D eigenvalue weighted by Gasteiger charge is 2.35. The minimum atomic E-state index is -4.08. The van der Waals surface area contributed by atoms with Gasteiger partial charge < -0.3 is 29.7 Å². The molecule has 0 saturated heterocycles. The van der Waals surface area contributed by atoms with Gasteiger partial charge in [-0.1, -0.05) is 24.6 Å². The molecule has 0 aliphatic carbocycles. The van der Waals surface area contributed by atoms with Crippen molar-refractivity contribution < 1.29 is 32.6 Å². The topological polar surface area (TPSA) is 138 Å². The van der Waals surface area contributed by atoms with Gasteiger partial charge in [-0.25, -0.2) is 13.2 Å². The van der Waals surface area contributed by atoms with Crippen molar-refractivity contribution in [1.29, 1.82) is 0 Å². The molecule has 4 rings (SSSR count). The molecule has 13 heteroatoms. The Labute approximate surface area is 256 Å². The van der Waals surface area contributed by atoms with Crippen LogP contribution in [0, 0.1) is 5.92 Å². The molecule has 1 heterocycles. The first-order valence-electron chi connectivity index (χ1n) is 13.6. The third-order valence-electron chi connectivity index (χ3n) is 7.20. The van der Waals surface area contributed by atoms with Crippen LogP contribution in [0.3, 0.4) is 0 Å². The first-order valence-corrected chi connectivity index (χ1v) is 15.5. The number of anilines is 2. The number of hydrogen-bond donors (Lipinski definition) is 3. The van der Waals surface area contributed by atoms with Gasteiger partial charge in [0.15, 0.2) is 5.75 Å². The van der Waals surface area contributed by atoms with Gasteiger partial charge in [0, 0.05) is 30.2 Å². The number of nitrogens with zero attached hydrogens (tertiary/aromatic N) is 2. The maximum Gasteiger partial charge on any atom is 0.321 e. The summed E-state index contributed by atoms with van der Waals surface area (Å²) in [6.45, 7) is 3.67. The van der Waals surface area contributed by atoms with Crippen molar-refractivity contribution in [3.8, 4) is 11.5 Å². The molecular formula is C30H35ClN4O7S. The van der Waals surface area contributed by atoms with Gasteiger partial charge in [0.05, 0.1) is 42.4 Å². The van der Waals surface area contributed by atoms with Crippen molar-refractivity contribution in [2.24, 2.45) is 5.92 Å². The fourth-order valence-electron chi connectivity index (χ4n) is 4.61. The van der Waals surface area contributed by atoms with Gasteiger partial charge in [-0.15, -0.1) is 0 Å². The first kappa shape index (κ1) is 31.9. The van der Waals surface area contributed by atoms with E-state index < -0.39 is 34.1 Å². The lowest BCUT2D eigenvalue weighted by atomic mass is 9.99. The van der Waals surface area contributed by atoms with E-state index in [1.807, 2.05) is 6.92 Å². The second kappa shape index (κ2) is 13.5. The third kappa shape index (κ3) is 7.51. The SMILES string of the molecule is COc1ccc(NC(=O)N(C)C[C@H]2Oc3c(NS(=O)(=O)c4ccc(Cl)cc4)cccc3C(=O)N([C@H](C)CO)C[C@H]2C)cc1. The number of fused-ring (bicyclic) bond motifs is 1. The van der Waals surface area contributed by atoms with Crippen LogP contribution in [-0.4, -0.2) is 81.3 Å². The number of methoxy groups -OCH3 is 1. The summed E-state index contributed by atoms with van der Waals surface area (Å²) < 4.78 is 40.7. The predicted octanol–water partition coefficient (Wildman–Crippen LogP) is 4.53. The number of carbonyl (C=O) groups excluding carboxylic acids is 2. The monoisotopic (exact) mass is 630 g/mol. The van der Waals surface area contributed by atoms with E-state index in [0.717, 1.165) is 0 Å². The average molecular weight is 631 g/mol. The molecule has 43 heavy (non-hydrogen) atoms. The predicted molar refractivity (Wildman–Crippen MR) is 165 cm³/mol. The summed E-state index contributed by atoms with van der Waals surface area (Å²) in [4.78, 5) is 29.8. The first-order chi connectivity index (χ1) is 20.4. The molecule has 1 aliphatic rings. The molecule has 11 nitrogen and oxygen atoms in total. The molecule has 0 bridgehead atoms. The van der Waals surface area contributed by atoms with E-state index >= 15 is 0 Å². The van der Waals surface area contributed by atoms with Crippen LogP contribution < -0.4 is 19.5 Å². The van der Waals surface area contributed by atoms with Gasteiger partial charge in [0.25, 0.3) is 15.9 Å². The van der Waals surface area contributed by atoms with E-state index in [-0.39, 0.29) is 47.5 Å². The van der Waals surface area contributed by atoms with Crippen LogP contribution in [0.5, 0.6) is 11.5 Å². The van der Waals surface area contributed by atoms with Gasteiger partial charge in [-0.05, 0) is 67.6 Å². The van der Waals surface area contributed by atoms with Crippen molar-refractivity contribution in [3.63, 3.8) is 0 Å². The number of rotatable bonds is 9. The number of likely N-dealkylation sites (N-methyl/N-ethyl adjacent to an activating group) is 1. The number of hydrogen-bond acceptors (Lipinski definition) is 7. The van der Waals surface area contributed by atoms with Crippen molar-refractivity contribution in [2.75, 3.05) is 43.9 Å². The third-order valence-corrected chi connectivity index (χ3v) is 8.83. The lowest BCUT2D eigenvalue weighted by Gasteiger charge is -2.38. The summed E-state index contributed by atoms with van der Waals surface area (Å²) in [5.74, 6) is -0.0515. The number of amides is 3. The molecule has 3 amide bonds. The van der Waals surface area contributed by atoms with Crippen LogP contribution in [0.25, 0.3) is 0 Å². The van der Waals surface area contributed by atoms with Crippen LogP contribution in [0.15, 0.2) is 71.6 Å². The van der Waals surface area contributed by atoms with Gasteiger partial charge in [0.1, 0.15) is 11.9 Å². The molecule has 0 spiro atoms.